The van der Waals surface area contributed by atoms with Gasteiger partial charge in [-0.2, -0.15) is 4.31 Å². The third kappa shape index (κ3) is 4.28. The van der Waals surface area contributed by atoms with Gasteiger partial charge in [0.25, 0.3) is 0 Å². The fraction of sp³-hybridized carbons (Fsp3) is 0.409. The summed E-state index contributed by atoms with van der Waals surface area (Å²) in [5, 5.41) is 3.00. The van der Waals surface area contributed by atoms with E-state index in [0.717, 1.165) is 27.9 Å². The van der Waals surface area contributed by atoms with Gasteiger partial charge in [0, 0.05) is 24.7 Å². The Morgan fingerprint density at radius 1 is 0.929 bits per heavy atom. The van der Waals surface area contributed by atoms with Gasteiger partial charge in [-0.3, -0.25) is 4.79 Å². The van der Waals surface area contributed by atoms with E-state index in [1.807, 2.05) is 58.0 Å². The van der Waals surface area contributed by atoms with Crippen LogP contribution in [-0.2, 0) is 14.8 Å². The summed E-state index contributed by atoms with van der Waals surface area (Å²) in [6, 6.07) is 11.4. The first-order valence-corrected chi connectivity index (χ1v) is 11.1. The molecule has 0 radical (unpaired) electrons. The fourth-order valence-corrected chi connectivity index (χ4v) is 5.45. The topological polar surface area (TPSA) is 66.5 Å². The molecular weight excluding hydrogens is 372 g/mol. The van der Waals surface area contributed by atoms with Gasteiger partial charge >= 0.3 is 0 Å². The van der Waals surface area contributed by atoms with Crippen molar-refractivity contribution < 1.29 is 13.2 Å². The van der Waals surface area contributed by atoms with Crippen molar-refractivity contribution in [3.63, 3.8) is 0 Å². The number of sulfonamides is 1. The van der Waals surface area contributed by atoms with Crippen LogP contribution in [0.15, 0.2) is 41.3 Å². The third-order valence-corrected chi connectivity index (χ3v) is 7.47. The molecule has 1 aliphatic rings. The molecule has 1 fully saturated rings. The van der Waals surface area contributed by atoms with E-state index in [4.69, 9.17) is 0 Å². The lowest BCUT2D eigenvalue weighted by atomic mass is 9.97. The average molecular weight is 401 g/mol. The number of hydrogen-bond donors (Lipinski definition) is 1. The molecule has 1 heterocycles. The molecule has 0 spiro atoms. The number of hydrogen-bond acceptors (Lipinski definition) is 3. The van der Waals surface area contributed by atoms with Gasteiger partial charge in [0.2, 0.25) is 15.9 Å². The molecule has 5 nitrogen and oxygen atoms in total. The summed E-state index contributed by atoms with van der Waals surface area (Å²) in [5.74, 6) is -0.207. The van der Waals surface area contributed by atoms with Gasteiger partial charge in [-0.1, -0.05) is 29.8 Å². The van der Waals surface area contributed by atoms with E-state index in [1.54, 1.807) is 6.07 Å². The molecule has 150 valence electrons. The molecule has 0 unspecified atom stereocenters. The van der Waals surface area contributed by atoms with E-state index in [2.05, 4.69) is 5.32 Å². The maximum atomic E-state index is 13.0. The highest BCUT2D eigenvalue weighted by Gasteiger charge is 2.33. The molecule has 28 heavy (non-hydrogen) atoms. The van der Waals surface area contributed by atoms with E-state index in [9.17, 15) is 13.2 Å². The predicted molar refractivity (Wildman–Crippen MR) is 112 cm³/mol. The quantitative estimate of drug-likeness (QED) is 0.845. The van der Waals surface area contributed by atoms with Crippen molar-refractivity contribution in [2.24, 2.45) is 5.92 Å². The summed E-state index contributed by atoms with van der Waals surface area (Å²) in [6.45, 7) is 8.42. The Morgan fingerprint density at radius 3 is 2.18 bits per heavy atom. The van der Waals surface area contributed by atoms with Crippen LogP contribution in [0.25, 0.3) is 0 Å². The van der Waals surface area contributed by atoms with Crippen LogP contribution < -0.4 is 5.32 Å². The summed E-state index contributed by atoms with van der Waals surface area (Å²) in [5.41, 5.74) is 4.68. The van der Waals surface area contributed by atoms with E-state index in [1.165, 1.54) is 4.31 Å². The average Bonchev–Trinajstić information content (AvgIpc) is 2.66. The molecule has 1 aliphatic heterocycles. The molecule has 0 atom stereocenters. The molecule has 1 N–H and O–H groups in total. The Morgan fingerprint density at radius 2 is 1.54 bits per heavy atom. The van der Waals surface area contributed by atoms with E-state index in [-0.39, 0.29) is 11.8 Å². The maximum Gasteiger partial charge on any atom is 0.243 e. The Labute approximate surface area is 167 Å². The van der Waals surface area contributed by atoms with Crippen LogP contribution in [0.4, 0.5) is 5.69 Å². The molecule has 1 saturated heterocycles. The zero-order valence-electron chi connectivity index (χ0n) is 17.0. The third-order valence-electron chi connectivity index (χ3n) is 5.43. The minimum atomic E-state index is -3.53. The number of carbonyl (C=O) groups excluding carboxylic acids is 1. The lowest BCUT2D eigenvalue weighted by Crippen LogP contribution is -2.41. The number of aryl methyl sites for hydroxylation is 4. The monoisotopic (exact) mass is 400 g/mol. The normalized spacial score (nSPS) is 16.1. The number of carbonyl (C=O) groups is 1. The number of anilines is 1. The Kier molecular flexibility index (Phi) is 5.91. The summed E-state index contributed by atoms with van der Waals surface area (Å²) in [7, 11) is -3.53. The van der Waals surface area contributed by atoms with Crippen molar-refractivity contribution >= 4 is 21.6 Å². The van der Waals surface area contributed by atoms with Crippen molar-refractivity contribution in [2.45, 2.75) is 45.4 Å². The summed E-state index contributed by atoms with van der Waals surface area (Å²) in [4.78, 5) is 13.0. The Balaban J connectivity index is 1.66. The molecule has 2 aromatic carbocycles. The molecule has 6 heteroatoms. The minimum Gasteiger partial charge on any atom is -0.326 e. The zero-order chi connectivity index (χ0) is 20.5. The van der Waals surface area contributed by atoms with Crippen LogP contribution in [0.1, 0.15) is 35.1 Å². The highest BCUT2D eigenvalue weighted by Crippen LogP contribution is 2.27. The summed E-state index contributed by atoms with van der Waals surface area (Å²) < 4.78 is 27.6. The number of nitrogens with zero attached hydrogens (tertiary/aromatic N) is 1. The van der Waals surface area contributed by atoms with E-state index in [0.29, 0.717) is 30.8 Å². The number of rotatable bonds is 4. The SMILES string of the molecule is Cc1ccc(NC(=O)C2CCN(S(=O)(=O)c3cc(C)ccc3C)CC2)c(C)c1. The van der Waals surface area contributed by atoms with E-state index >= 15 is 0 Å². The van der Waals surface area contributed by atoms with Crippen LogP contribution in [0.3, 0.4) is 0 Å². The smallest absolute Gasteiger partial charge is 0.243 e. The van der Waals surface area contributed by atoms with Crippen molar-refractivity contribution in [3.05, 3.63) is 58.7 Å². The first kappa shape index (κ1) is 20.6. The number of benzene rings is 2. The summed E-state index contributed by atoms with van der Waals surface area (Å²) in [6.07, 6.45) is 1.06. The largest absolute Gasteiger partial charge is 0.326 e. The van der Waals surface area contributed by atoms with E-state index < -0.39 is 10.0 Å². The molecule has 3 rings (SSSR count). The molecular formula is C22H28N2O3S. The highest BCUT2D eigenvalue weighted by atomic mass is 32.2. The minimum absolute atomic E-state index is 0.0317. The van der Waals surface area contributed by atoms with Crippen molar-refractivity contribution in [1.82, 2.24) is 4.31 Å². The van der Waals surface area contributed by atoms with Gasteiger partial charge in [0.05, 0.1) is 4.90 Å². The maximum absolute atomic E-state index is 13.0. The fourth-order valence-electron chi connectivity index (χ4n) is 3.67. The number of nitrogens with one attached hydrogen (secondary N) is 1. The van der Waals surface area contributed by atoms with Gasteiger partial charge in [-0.25, -0.2) is 8.42 Å². The lowest BCUT2D eigenvalue weighted by molar-refractivity contribution is -0.120. The molecule has 2 aromatic rings. The summed E-state index contributed by atoms with van der Waals surface area (Å²) >= 11 is 0. The van der Waals surface area contributed by atoms with Crippen molar-refractivity contribution in [3.8, 4) is 0 Å². The van der Waals surface area contributed by atoms with Crippen LogP contribution in [-0.4, -0.2) is 31.7 Å². The first-order valence-electron chi connectivity index (χ1n) is 9.64. The molecule has 0 bridgehead atoms. The zero-order valence-corrected chi connectivity index (χ0v) is 17.8. The van der Waals surface area contributed by atoms with Crippen LogP contribution >= 0.6 is 0 Å². The van der Waals surface area contributed by atoms with Gasteiger partial charge in [0.1, 0.15) is 0 Å². The standard InChI is InChI=1S/C22H28N2O3S/c1-15-6-8-20(18(4)13-15)23-22(25)19-9-11-24(12-10-19)28(26,27)21-14-16(2)5-7-17(21)3/h5-8,13-14,19H,9-12H2,1-4H3,(H,23,25). The molecule has 0 saturated carbocycles. The Bertz CT molecular complexity index is 991. The van der Waals surface area contributed by atoms with Crippen LogP contribution in [0, 0.1) is 33.6 Å². The molecule has 1 amide bonds. The highest BCUT2D eigenvalue weighted by molar-refractivity contribution is 7.89. The second kappa shape index (κ2) is 8.05. The predicted octanol–water partition coefficient (Wildman–Crippen LogP) is 3.96. The number of amides is 1. The second-order valence-corrected chi connectivity index (χ2v) is 9.66. The Hall–Kier alpha value is -2.18. The second-order valence-electron chi connectivity index (χ2n) is 7.75. The van der Waals surface area contributed by atoms with Crippen molar-refractivity contribution in [1.29, 1.82) is 0 Å². The molecule has 0 aliphatic carbocycles. The van der Waals surface area contributed by atoms with Crippen LogP contribution in [0.2, 0.25) is 0 Å². The van der Waals surface area contributed by atoms with Gasteiger partial charge < -0.3 is 5.32 Å². The number of piperidine rings is 1. The first-order chi connectivity index (χ1) is 13.2. The van der Waals surface area contributed by atoms with Gasteiger partial charge in [-0.15, -0.1) is 0 Å². The van der Waals surface area contributed by atoms with Gasteiger partial charge in [0.15, 0.2) is 0 Å². The lowest BCUT2D eigenvalue weighted by Gasteiger charge is -2.31. The molecule has 0 aromatic heterocycles. The van der Waals surface area contributed by atoms with Crippen LogP contribution in [0.5, 0.6) is 0 Å². The van der Waals surface area contributed by atoms with Gasteiger partial charge in [-0.05, 0) is 69.4 Å². The van der Waals surface area contributed by atoms with Crippen molar-refractivity contribution in [2.75, 3.05) is 18.4 Å².